The summed E-state index contributed by atoms with van der Waals surface area (Å²) in [7, 11) is 0. The molecule has 1 aromatic carbocycles. The fourth-order valence-electron chi connectivity index (χ4n) is 3.66. The van der Waals surface area contributed by atoms with Crippen molar-refractivity contribution in [2.75, 3.05) is 6.54 Å². The summed E-state index contributed by atoms with van der Waals surface area (Å²) in [5.41, 5.74) is 6.51. The standard InChI is InChI=1S/C17H25N/c1-12(2)7-15-10-18-11-16-8-13-5-3-4-6-14(13)9-17(15)16/h8-9,12,15,18H,3-7,10-11H2,1-2H3. The molecule has 0 bridgehead atoms. The summed E-state index contributed by atoms with van der Waals surface area (Å²) in [4.78, 5) is 0. The predicted octanol–water partition coefficient (Wildman–Crippen LogP) is 3.80. The van der Waals surface area contributed by atoms with E-state index in [0.717, 1.165) is 18.4 Å². The van der Waals surface area contributed by atoms with E-state index in [1.165, 1.54) is 38.6 Å². The van der Waals surface area contributed by atoms with Gasteiger partial charge in [-0.1, -0.05) is 26.0 Å². The van der Waals surface area contributed by atoms with E-state index in [2.05, 4.69) is 31.3 Å². The van der Waals surface area contributed by atoms with Crippen LogP contribution in [-0.2, 0) is 19.4 Å². The van der Waals surface area contributed by atoms with E-state index in [1.54, 1.807) is 22.3 Å². The Labute approximate surface area is 111 Å². The second-order valence-electron chi connectivity index (χ2n) is 6.48. The van der Waals surface area contributed by atoms with Crippen LogP contribution in [0.2, 0.25) is 0 Å². The summed E-state index contributed by atoms with van der Waals surface area (Å²) in [6.07, 6.45) is 6.70. The lowest BCUT2D eigenvalue weighted by Gasteiger charge is -2.30. The first-order valence-electron chi connectivity index (χ1n) is 7.59. The zero-order chi connectivity index (χ0) is 12.5. The smallest absolute Gasteiger partial charge is 0.0208 e. The molecule has 0 spiro atoms. The van der Waals surface area contributed by atoms with Crippen LogP contribution in [0.4, 0.5) is 0 Å². The highest BCUT2D eigenvalue weighted by Crippen LogP contribution is 2.33. The number of fused-ring (bicyclic) bond motifs is 2. The highest BCUT2D eigenvalue weighted by atomic mass is 14.9. The van der Waals surface area contributed by atoms with Crippen LogP contribution in [0, 0.1) is 5.92 Å². The van der Waals surface area contributed by atoms with Crippen molar-refractivity contribution in [3.05, 3.63) is 34.4 Å². The Balaban J connectivity index is 1.95. The first-order chi connectivity index (χ1) is 8.74. The molecule has 0 saturated carbocycles. The summed E-state index contributed by atoms with van der Waals surface area (Å²) < 4.78 is 0. The van der Waals surface area contributed by atoms with Gasteiger partial charge in [0.2, 0.25) is 0 Å². The Morgan fingerprint density at radius 1 is 1.11 bits per heavy atom. The number of hydrogen-bond donors (Lipinski definition) is 1. The van der Waals surface area contributed by atoms with E-state index in [9.17, 15) is 0 Å². The van der Waals surface area contributed by atoms with Gasteiger partial charge in [-0.05, 0) is 66.2 Å². The Kier molecular flexibility index (Phi) is 3.43. The maximum absolute atomic E-state index is 3.60. The van der Waals surface area contributed by atoms with E-state index in [0.29, 0.717) is 0 Å². The molecule has 18 heavy (non-hydrogen) atoms. The third-order valence-electron chi connectivity index (χ3n) is 4.51. The van der Waals surface area contributed by atoms with E-state index >= 15 is 0 Å². The normalized spacial score (nSPS) is 22.7. The molecule has 1 N–H and O–H groups in total. The second-order valence-corrected chi connectivity index (χ2v) is 6.48. The number of benzene rings is 1. The molecule has 1 nitrogen and oxygen atoms in total. The Morgan fingerprint density at radius 2 is 1.83 bits per heavy atom. The molecule has 1 aromatic rings. The molecule has 0 amide bonds. The molecule has 1 aliphatic heterocycles. The average molecular weight is 243 g/mol. The lowest BCUT2D eigenvalue weighted by Crippen LogP contribution is -2.29. The summed E-state index contributed by atoms with van der Waals surface area (Å²) in [6.45, 7) is 6.93. The van der Waals surface area contributed by atoms with Crippen LogP contribution in [0.15, 0.2) is 12.1 Å². The Bertz CT molecular complexity index is 433. The van der Waals surface area contributed by atoms with Crippen molar-refractivity contribution in [2.24, 2.45) is 5.92 Å². The van der Waals surface area contributed by atoms with Crippen LogP contribution in [-0.4, -0.2) is 6.54 Å². The first-order valence-corrected chi connectivity index (χ1v) is 7.59. The molecular weight excluding hydrogens is 218 g/mol. The second kappa shape index (κ2) is 5.05. The molecule has 1 atom stereocenters. The van der Waals surface area contributed by atoms with Gasteiger partial charge in [0.1, 0.15) is 0 Å². The minimum Gasteiger partial charge on any atom is -0.312 e. The maximum atomic E-state index is 3.60. The molecular formula is C17H25N. The summed E-state index contributed by atoms with van der Waals surface area (Å²) >= 11 is 0. The molecule has 1 aliphatic carbocycles. The molecule has 1 heteroatoms. The molecule has 1 heterocycles. The first kappa shape index (κ1) is 12.2. The zero-order valence-electron chi connectivity index (χ0n) is 11.8. The van der Waals surface area contributed by atoms with Crippen molar-refractivity contribution in [3.8, 4) is 0 Å². The SMILES string of the molecule is CC(C)CC1CNCc2cc3c(cc21)CCCC3. The van der Waals surface area contributed by atoms with Crippen molar-refractivity contribution >= 4 is 0 Å². The summed E-state index contributed by atoms with van der Waals surface area (Å²) in [5.74, 6) is 1.53. The molecule has 2 aliphatic rings. The van der Waals surface area contributed by atoms with E-state index in [-0.39, 0.29) is 0 Å². The lowest BCUT2D eigenvalue weighted by molar-refractivity contribution is 0.447. The summed E-state index contributed by atoms with van der Waals surface area (Å²) in [5, 5.41) is 3.60. The fraction of sp³-hybridized carbons (Fsp3) is 0.647. The number of hydrogen-bond acceptors (Lipinski definition) is 1. The molecule has 1 unspecified atom stereocenters. The van der Waals surface area contributed by atoms with Crippen molar-refractivity contribution < 1.29 is 0 Å². The minimum absolute atomic E-state index is 0.737. The van der Waals surface area contributed by atoms with Gasteiger partial charge < -0.3 is 5.32 Å². The van der Waals surface area contributed by atoms with Crippen molar-refractivity contribution in [1.29, 1.82) is 0 Å². The predicted molar refractivity (Wildman–Crippen MR) is 77.0 cm³/mol. The zero-order valence-corrected chi connectivity index (χ0v) is 11.8. The minimum atomic E-state index is 0.737. The van der Waals surface area contributed by atoms with Crippen LogP contribution in [0.3, 0.4) is 0 Å². The van der Waals surface area contributed by atoms with E-state index in [4.69, 9.17) is 0 Å². The van der Waals surface area contributed by atoms with Crippen molar-refractivity contribution in [2.45, 2.75) is 58.4 Å². The van der Waals surface area contributed by atoms with Crippen LogP contribution in [0.5, 0.6) is 0 Å². The van der Waals surface area contributed by atoms with Gasteiger partial charge in [0.25, 0.3) is 0 Å². The third-order valence-corrected chi connectivity index (χ3v) is 4.51. The van der Waals surface area contributed by atoms with Gasteiger partial charge in [-0.15, -0.1) is 0 Å². The van der Waals surface area contributed by atoms with Gasteiger partial charge >= 0.3 is 0 Å². The number of rotatable bonds is 2. The quantitative estimate of drug-likeness (QED) is 0.833. The average Bonchev–Trinajstić information content (AvgIpc) is 2.36. The van der Waals surface area contributed by atoms with Gasteiger partial charge in [0, 0.05) is 13.1 Å². The van der Waals surface area contributed by atoms with Crippen LogP contribution >= 0.6 is 0 Å². The van der Waals surface area contributed by atoms with Crippen LogP contribution < -0.4 is 5.32 Å². The molecule has 0 saturated heterocycles. The molecule has 98 valence electrons. The van der Waals surface area contributed by atoms with Gasteiger partial charge in [-0.2, -0.15) is 0 Å². The lowest BCUT2D eigenvalue weighted by atomic mass is 9.80. The number of aryl methyl sites for hydroxylation is 2. The number of nitrogens with one attached hydrogen (secondary N) is 1. The maximum Gasteiger partial charge on any atom is 0.0208 e. The Morgan fingerprint density at radius 3 is 2.56 bits per heavy atom. The topological polar surface area (TPSA) is 12.0 Å². The van der Waals surface area contributed by atoms with E-state index < -0.39 is 0 Å². The van der Waals surface area contributed by atoms with Gasteiger partial charge in [0.05, 0.1) is 0 Å². The molecule has 0 fully saturated rings. The highest BCUT2D eigenvalue weighted by Gasteiger charge is 2.23. The van der Waals surface area contributed by atoms with Gasteiger partial charge in [0.15, 0.2) is 0 Å². The Hall–Kier alpha value is -0.820. The van der Waals surface area contributed by atoms with Gasteiger partial charge in [-0.25, -0.2) is 0 Å². The molecule has 3 rings (SSSR count). The third kappa shape index (κ3) is 2.33. The summed E-state index contributed by atoms with van der Waals surface area (Å²) in [6, 6.07) is 5.06. The largest absolute Gasteiger partial charge is 0.312 e. The molecule has 0 aromatic heterocycles. The molecule has 0 radical (unpaired) electrons. The fourth-order valence-corrected chi connectivity index (χ4v) is 3.66. The van der Waals surface area contributed by atoms with E-state index in [1.807, 2.05) is 0 Å². The van der Waals surface area contributed by atoms with Crippen LogP contribution in [0.25, 0.3) is 0 Å². The van der Waals surface area contributed by atoms with Crippen molar-refractivity contribution in [3.63, 3.8) is 0 Å². The van der Waals surface area contributed by atoms with Gasteiger partial charge in [-0.3, -0.25) is 0 Å². The monoisotopic (exact) mass is 243 g/mol. The highest BCUT2D eigenvalue weighted by molar-refractivity contribution is 5.42. The van der Waals surface area contributed by atoms with Crippen LogP contribution in [0.1, 0.15) is 61.3 Å². The van der Waals surface area contributed by atoms with Crippen molar-refractivity contribution in [1.82, 2.24) is 5.32 Å².